The van der Waals surface area contributed by atoms with E-state index in [0.29, 0.717) is 6.61 Å². The first-order valence-corrected chi connectivity index (χ1v) is 8.76. The van der Waals surface area contributed by atoms with Crippen LogP contribution in [0.1, 0.15) is 30.3 Å². The van der Waals surface area contributed by atoms with Gasteiger partial charge < -0.3 is 14.3 Å². The van der Waals surface area contributed by atoms with Gasteiger partial charge in [0.1, 0.15) is 4.90 Å². The van der Waals surface area contributed by atoms with E-state index in [1.165, 1.54) is 0 Å². The van der Waals surface area contributed by atoms with Crippen molar-refractivity contribution in [3.05, 3.63) is 16.5 Å². The second-order valence-corrected chi connectivity index (χ2v) is 7.23. The van der Waals surface area contributed by atoms with Crippen molar-refractivity contribution in [1.82, 2.24) is 4.72 Å². The van der Waals surface area contributed by atoms with Gasteiger partial charge in [-0.05, 0) is 28.8 Å². The molecule has 1 aromatic rings. The molecule has 2 unspecified atom stereocenters. The fourth-order valence-electron chi connectivity index (χ4n) is 2.31. The number of sulfonamides is 1. The van der Waals surface area contributed by atoms with Crippen LogP contribution in [0.3, 0.4) is 0 Å². The molecule has 1 fully saturated rings. The van der Waals surface area contributed by atoms with Gasteiger partial charge in [0.25, 0.3) is 0 Å². The Bertz CT molecular complexity index is 626. The van der Waals surface area contributed by atoms with Crippen molar-refractivity contribution in [2.75, 3.05) is 13.2 Å². The predicted molar refractivity (Wildman–Crippen MR) is 76.7 cm³/mol. The second-order valence-electron chi connectivity index (χ2n) is 4.77. The molecule has 2 rings (SSSR count). The van der Waals surface area contributed by atoms with Gasteiger partial charge in [-0.15, -0.1) is 0 Å². The minimum atomic E-state index is -3.83. The van der Waals surface area contributed by atoms with E-state index in [0.717, 1.165) is 18.9 Å². The maximum Gasteiger partial charge on any atom is 0.371 e. The quantitative estimate of drug-likeness (QED) is 0.778. The first kappa shape index (κ1) is 16.5. The van der Waals surface area contributed by atoms with Crippen molar-refractivity contribution >= 4 is 31.9 Å². The average Bonchev–Trinajstić information content (AvgIpc) is 3.02. The van der Waals surface area contributed by atoms with Crippen LogP contribution in [-0.4, -0.2) is 38.7 Å². The molecule has 1 aromatic heterocycles. The predicted octanol–water partition coefficient (Wildman–Crippen LogP) is 1.83. The Morgan fingerprint density at radius 3 is 2.86 bits per heavy atom. The summed E-state index contributed by atoms with van der Waals surface area (Å²) < 4.78 is 37.1. The highest BCUT2D eigenvalue weighted by molar-refractivity contribution is 9.10. The van der Waals surface area contributed by atoms with Gasteiger partial charge in [-0.25, -0.2) is 17.9 Å². The van der Waals surface area contributed by atoms with Crippen LogP contribution in [0, 0.1) is 5.92 Å². The molecule has 0 radical (unpaired) electrons. The van der Waals surface area contributed by atoms with Crippen LogP contribution < -0.4 is 4.72 Å². The third kappa shape index (κ3) is 3.65. The van der Waals surface area contributed by atoms with Crippen LogP contribution in [0.5, 0.6) is 0 Å². The van der Waals surface area contributed by atoms with E-state index < -0.39 is 21.8 Å². The summed E-state index contributed by atoms with van der Waals surface area (Å²) in [6.07, 6.45) is 1.67. The van der Waals surface area contributed by atoms with E-state index in [4.69, 9.17) is 14.3 Å². The Labute approximate surface area is 130 Å². The maximum atomic E-state index is 12.2. The summed E-state index contributed by atoms with van der Waals surface area (Å²) in [7, 11) is -3.83. The molecule has 118 valence electrons. The van der Waals surface area contributed by atoms with Crippen molar-refractivity contribution in [3.8, 4) is 0 Å². The lowest BCUT2D eigenvalue weighted by molar-refractivity contribution is 0.0661. The smallest absolute Gasteiger partial charge is 0.371 e. The number of hydrogen-bond acceptors (Lipinski definition) is 5. The summed E-state index contributed by atoms with van der Waals surface area (Å²) in [4.78, 5) is 10.6. The Kier molecular flexibility index (Phi) is 5.07. The zero-order valence-electron chi connectivity index (χ0n) is 11.3. The Morgan fingerprint density at radius 2 is 2.29 bits per heavy atom. The summed E-state index contributed by atoms with van der Waals surface area (Å²) >= 11 is 2.93. The lowest BCUT2D eigenvalue weighted by atomic mass is 10.0. The van der Waals surface area contributed by atoms with E-state index in [9.17, 15) is 13.2 Å². The first-order valence-electron chi connectivity index (χ1n) is 6.49. The van der Waals surface area contributed by atoms with Crippen molar-refractivity contribution < 1.29 is 27.5 Å². The zero-order chi connectivity index (χ0) is 15.6. The molecule has 2 N–H and O–H groups in total. The van der Waals surface area contributed by atoms with Crippen LogP contribution in [0.4, 0.5) is 0 Å². The Hall–Kier alpha value is -0.900. The minimum absolute atomic E-state index is 0.0510. The largest absolute Gasteiger partial charge is 0.475 e. The van der Waals surface area contributed by atoms with Gasteiger partial charge >= 0.3 is 5.97 Å². The van der Waals surface area contributed by atoms with E-state index in [1.54, 1.807) is 0 Å². The summed E-state index contributed by atoms with van der Waals surface area (Å²) in [6.45, 7) is 2.87. The van der Waals surface area contributed by atoms with E-state index >= 15 is 0 Å². The number of ether oxygens (including phenoxy) is 1. The molecule has 7 nitrogen and oxygen atoms in total. The zero-order valence-corrected chi connectivity index (χ0v) is 13.7. The second kappa shape index (κ2) is 6.47. The summed E-state index contributed by atoms with van der Waals surface area (Å²) in [6, 6.07) is 0.983. The van der Waals surface area contributed by atoms with Gasteiger partial charge in [0.05, 0.1) is 6.10 Å². The van der Waals surface area contributed by atoms with Gasteiger partial charge in [0.2, 0.25) is 15.8 Å². The molecule has 1 saturated heterocycles. The van der Waals surface area contributed by atoms with Gasteiger partial charge in [-0.3, -0.25) is 0 Å². The third-order valence-corrected chi connectivity index (χ3v) is 5.72. The van der Waals surface area contributed by atoms with E-state index in [2.05, 4.69) is 20.7 Å². The van der Waals surface area contributed by atoms with Gasteiger partial charge in [0, 0.05) is 25.1 Å². The highest BCUT2D eigenvalue weighted by Crippen LogP contribution is 2.27. The molecule has 0 spiro atoms. The van der Waals surface area contributed by atoms with Crippen LogP contribution in [0.25, 0.3) is 0 Å². The van der Waals surface area contributed by atoms with Gasteiger partial charge in [-0.1, -0.05) is 6.92 Å². The number of furan rings is 1. The van der Waals surface area contributed by atoms with E-state index in [1.807, 2.05) is 6.92 Å². The van der Waals surface area contributed by atoms with Crippen molar-refractivity contribution in [3.63, 3.8) is 0 Å². The highest BCUT2D eigenvalue weighted by Gasteiger charge is 2.30. The van der Waals surface area contributed by atoms with Crippen molar-refractivity contribution in [2.24, 2.45) is 5.92 Å². The summed E-state index contributed by atoms with van der Waals surface area (Å²) in [5.41, 5.74) is 0. The van der Waals surface area contributed by atoms with Crippen LogP contribution in [-0.2, 0) is 14.8 Å². The molecule has 1 aliphatic rings. The summed E-state index contributed by atoms with van der Waals surface area (Å²) in [5.74, 6) is -1.64. The molecule has 1 aliphatic heterocycles. The van der Waals surface area contributed by atoms with Crippen molar-refractivity contribution in [1.29, 1.82) is 0 Å². The maximum absolute atomic E-state index is 12.2. The first-order chi connectivity index (χ1) is 9.85. The summed E-state index contributed by atoms with van der Waals surface area (Å²) in [5, 5.41) is 8.81. The molecule has 0 aliphatic carbocycles. The van der Waals surface area contributed by atoms with Crippen LogP contribution >= 0.6 is 15.9 Å². The molecule has 9 heteroatoms. The fourth-order valence-corrected chi connectivity index (χ4v) is 4.34. The van der Waals surface area contributed by atoms with E-state index in [-0.39, 0.29) is 28.1 Å². The standard InChI is InChI=1S/C12H16BrNO6S/c1-2-8-7(3-4-19-8)6-14-21(17,18)10-5-9(12(15)16)20-11(10)13/h5,7-8,14H,2-4,6H2,1H3,(H,15,16). The molecule has 0 saturated carbocycles. The van der Waals surface area contributed by atoms with Gasteiger partial charge in [0.15, 0.2) is 4.67 Å². The third-order valence-electron chi connectivity index (χ3n) is 3.44. The molecule has 0 bridgehead atoms. The molecule has 0 amide bonds. The number of carbonyl (C=O) groups is 1. The number of hydrogen-bond donors (Lipinski definition) is 2. The lowest BCUT2D eigenvalue weighted by Crippen LogP contribution is -2.32. The number of aromatic carboxylic acids is 1. The number of halogens is 1. The van der Waals surface area contributed by atoms with Crippen LogP contribution in [0.2, 0.25) is 0 Å². The Morgan fingerprint density at radius 1 is 1.57 bits per heavy atom. The fraction of sp³-hybridized carbons (Fsp3) is 0.583. The SMILES string of the molecule is CCC1OCCC1CNS(=O)(=O)c1cc(C(=O)O)oc1Br. The number of carboxylic acids is 1. The number of rotatable bonds is 6. The molecular formula is C12H16BrNO6S. The van der Waals surface area contributed by atoms with Gasteiger partial charge in [-0.2, -0.15) is 0 Å². The topological polar surface area (TPSA) is 106 Å². The number of carboxylic acid groups (broad SMARTS) is 1. The van der Waals surface area contributed by atoms with Crippen LogP contribution in [0.15, 0.2) is 20.0 Å². The lowest BCUT2D eigenvalue weighted by Gasteiger charge is -2.16. The monoisotopic (exact) mass is 381 g/mol. The minimum Gasteiger partial charge on any atom is -0.475 e. The van der Waals surface area contributed by atoms with Crippen molar-refractivity contribution in [2.45, 2.75) is 30.8 Å². The normalized spacial score (nSPS) is 22.6. The molecule has 0 aromatic carbocycles. The molecular weight excluding hydrogens is 366 g/mol. The highest BCUT2D eigenvalue weighted by atomic mass is 79.9. The number of nitrogens with one attached hydrogen (secondary N) is 1. The molecule has 2 heterocycles. The average molecular weight is 382 g/mol. The molecule has 21 heavy (non-hydrogen) atoms. The Balaban J connectivity index is 2.10. The molecule has 2 atom stereocenters.